The van der Waals surface area contributed by atoms with Gasteiger partial charge in [-0.25, -0.2) is 4.98 Å². The average molecular weight is 710 g/mol. The molecule has 51 heavy (non-hydrogen) atoms. The Hall–Kier alpha value is -5.75. The van der Waals surface area contributed by atoms with E-state index in [1.807, 2.05) is 60.7 Å². The summed E-state index contributed by atoms with van der Waals surface area (Å²) in [5.41, 5.74) is 4.52. The number of nitrogens with zero attached hydrogens (tertiary/aromatic N) is 3. The summed E-state index contributed by atoms with van der Waals surface area (Å²) >= 11 is 1.64. The highest BCUT2D eigenvalue weighted by Crippen LogP contribution is 2.42. The van der Waals surface area contributed by atoms with Crippen molar-refractivity contribution in [3.05, 3.63) is 78.9 Å². The number of thiazole rings is 1. The average Bonchev–Trinajstić information content (AvgIpc) is 3.81. The van der Waals surface area contributed by atoms with Crippen molar-refractivity contribution in [2.24, 2.45) is 0 Å². The van der Waals surface area contributed by atoms with E-state index in [0.29, 0.717) is 70.4 Å². The van der Waals surface area contributed by atoms with Gasteiger partial charge in [0.1, 0.15) is 5.01 Å². The first kappa shape index (κ1) is 35.1. The van der Waals surface area contributed by atoms with Crippen LogP contribution in [0.25, 0.3) is 43.3 Å². The summed E-state index contributed by atoms with van der Waals surface area (Å²) in [5, 5.41) is 5.55. The maximum absolute atomic E-state index is 12.7. The fourth-order valence-electron chi connectivity index (χ4n) is 5.63. The first-order valence-electron chi connectivity index (χ1n) is 16.3. The molecule has 12 heteroatoms. The summed E-state index contributed by atoms with van der Waals surface area (Å²) in [6, 6.07) is 24.9. The number of ether oxygens (including phenoxy) is 7. The Morgan fingerprint density at radius 3 is 1.78 bits per heavy atom. The Balaban J connectivity index is 1.13. The van der Waals surface area contributed by atoms with E-state index in [1.165, 1.54) is 11.6 Å². The van der Waals surface area contributed by atoms with Gasteiger partial charge in [0.05, 0.1) is 70.4 Å². The molecule has 4 aromatic carbocycles. The smallest absolute Gasteiger partial charge is 0.244 e. The molecule has 0 saturated heterocycles. The minimum atomic E-state index is -0.246. The minimum absolute atomic E-state index is 0.246. The van der Waals surface area contributed by atoms with Gasteiger partial charge in [-0.15, -0.1) is 11.3 Å². The maximum atomic E-state index is 12.7. The van der Waals surface area contributed by atoms with Crippen molar-refractivity contribution in [3.63, 3.8) is 0 Å². The van der Waals surface area contributed by atoms with Crippen LogP contribution in [-0.2, 0) is 0 Å². The molecule has 0 saturated carbocycles. The molecule has 0 bridgehead atoms. The lowest BCUT2D eigenvalue weighted by Gasteiger charge is -2.14. The third kappa shape index (κ3) is 7.56. The highest BCUT2D eigenvalue weighted by atomic mass is 32.1. The van der Waals surface area contributed by atoms with Crippen LogP contribution < -0.4 is 33.2 Å². The summed E-state index contributed by atoms with van der Waals surface area (Å²) < 4.78 is 42.5. The maximum Gasteiger partial charge on any atom is 0.244 e. The SMILES string of the molecule is COc1ccc(-c2nc3ccccc3s2)cc1OCCCCOc1cc(-c2cc(-c3cc(OC)c(OC)c(OC)c3)nn2C(C)=O)ccc1OC. The number of aromatic nitrogens is 3. The number of para-hydroxylation sites is 1. The van der Waals surface area contributed by atoms with E-state index < -0.39 is 0 Å². The number of rotatable bonds is 15. The van der Waals surface area contributed by atoms with Gasteiger partial charge >= 0.3 is 0 Å². The van der Waals surface area contributed by atoms with Gasteiger partial charge in [0.25, 0.3) is 0 Å². The molecule has 0 radical (unpaired) electrons. The van der Waals surface area contributed by atoms with Crippen LogP contribution >= 0.6 is 11.3 Å². The monoisotopic (exact) mass is 709 g/mol. The molecule has 0 aliphatic rings. The summed E-state index contributed by atoms with van der Waals surface area (Å²) in [6.07, 6.45) is 1.47. The molecule has 0 spiro atoms. The van der Waals surface area contributed by atoms with Crippen LogP contribution in [0.5, 0.6) is 40.2 Å². The van der Waals surface area contributed by atoms with Crippen molar-refractivity contribution < 1.29 is 38.0 Å². The molecule has 0 aliphatic carbocycles. The second kappa shape index (κ2) is 15.9. The molecule has 0 unspecified atom stereocenters. The van der Waals surface area contributed by atoms with Gasteiger partial charge in [0.2, 0.25) is 11.7 Å². The molecule has 11 nitrogen and oxygen atoms in total. The van der Waals surface area contributed by atoms with Crippen LogP contribution in [0.2, 0.25) is 0 Å². The number of carbonyl (C=O) groups is 1. The van der Waals surface area contributed by atoms with Crippen molar-refractivity contribution >= 4 is 27.5 Å². The highest BCUT2D eigenvalue weighted by Gasteiger charge is 2.20. The van der Waals surface area contributed by atoms with Crippen molar-refractivity contribution in [2.75, 3.05) is 48.8 Å². The predicted molar refractivity (Wildman–Crippen MR) is 197 cm³/mol. The molecule has 2 heterocycles. The van der Waals surface area contributed by atoms with E-state index in [1.54, 1.807) is 59.0 Å². The Labute approximate surface area is 300 Å². The van der Waals surface area contributed by atoms with Gasteiger partial charge in [0.15, 0.2) is 34.5 Å². The molecular weight excluding hydrogens is 671 g/mol. The van der Waals surface area contributed by atoms with E-state index in [4.69, 9.17) is 38.1 Å². The number of hydrogen-bond donors (Lipinski definition) is 0. The number of benzene rings is 4. The Kier molecular flexibility index (Phi) is 10.9. The lowest BCUT2D eigenvalue weighted by molar-refractivity contribution is 0.0923. The standard InChI is InChI=1S/C39H39N3O8S/c1-24(43)42-30(23-29(41-42)27-21-35(46-4)38(48-6)36(22-27)47-5)25-13-15-31(44-2)33(19-25)49-17-9-10-18-50-34-20-26(14-16-32(34)45-3)39-40-28-11-7-8-12-37(28)51-39/h7-8,11-16,19-23H,9-10,17-18H2,1-6H3. The van der Waals surface area contributed by atoms with E-state index >= 15 is 0 Å². The van der Waals surface area contributed by atoms with Gasteiger partial charge in [-0.1, -0.05) is 12.1 Å². The van der Waals surface area contributed by atoms with Gasteiger partial charge in [0, 0.05) is 23.6 Å². The third-order valence-electron chi connectivity index (χ3n) is 8.19. The van der Waals surface area contributed by atoms with E-state index in [0.717, 1.165) is 39.2 Å². The second-order valence-corrected chi connectivity index (χ2v) is 12.4. The van der Waals surface area contributed by atoms with Gasteiger partial charge in [-0.2, -0.15) is 9.78 Å². The molecule has 2 aromatic heterocycles. The molecule has 0 amide bonds. The first-order chi connectivity index (χ1) is 24.9. The first-order valence-corrected chi connectivity index (χ1v) is 17.1. The quantitative estimate of drug-likeness (QED) is 0.0963. The zero-order valence-electron chi connectivity index (χ0n) is 29.3. The number of hydrogen-bond acceptors (Lipinski definition) is 11. The summed E-state index contributed by atoms with van der Waals surface area (Å²) in [6.45, 7) is 2.36. The van der Waals surface area contributed by atoms with E-state index in [2.05, 4.69) is 11.2 Å². The molecular formula is C39H39N3O8S. The molecule has 0 aliphatic heterocycles. The molecule has 0 N–H and O–H groups in total. The molecule has 0 fully saturated rings. The van der Waals surface area contributed by atoms with Gasteiger partial charge in [-0.3, -0.25) is 4.79 Å². The number of carbonyl (C=O) groups excluding carboxylic acids is 1. The van der Waals surface area contributed by atoms with Crippen LogP contribution in [-0.4, -0.2) is 69.4 Å². The fraction of sp³-hybridized carbons (Fsp3) is 0.256. The Bertz CT molecular complexity index is 2100. The summed E-state index contributed by atoms with van der Waals surface area (Å²) in [7, 11) is 7.87. The van der Waals surface area contributed by atoms with Crippen LogP contribution in [0.1, 0.15) is 24.6 Å². The normalized spacial score (nSPS) is 10.9. The molecule has 0 atom stereocenters. The number of unbranched alkanes of at least 4 members (excludes halogenated alkanes) is 1. The molecule has 6 rings (SSSR count). The zero-order valence-corrected chi connectivity index (χ0v) is 30.2. The van der Waals surface area contributed by atoms with Crippen LogP contribution in [0.4, 0.5) is 0 Å². The summed E-state index contributed by atoms with van der Waals surface area (Å²) in [5.74, 6) is 3.63. The lowest BCUT2D eigenvalue weighted by Crippen LogP contribution is -2.09. The Morgan fingerprint density at radius 2 is 1.22 bits per heavy atom. The van der Waals surface area contributed by atoms with E-state index in [9.17, 15) is 4.79 Å². The van der Waals surface area contributed by atoms with Crippen molar-refractivity contribution in [2.45, 2.75) is 19.8 Å². The van der Waals surface area contributed by atoms with Gasteiger partial charge in [-0.05, 0) is 79.6 Å². The number of methoxy groups -OCH3 is 5. The van der Waals surface area contributed by atoms with Crippen LogP contribution in [0.3, 0.4) is 0 Å². The zero-order chi connectivity index (χ0) is 35.9. The summed E-state index contributed by atoms with van der Waals surface area (Å²) in [4.78, 5) is 17.5. The van der Waals surface area contributed by atoms with E-state index in [-0.39, 0.29) is 5.91 Å². The predicted octanol–water partition coefficient (Wildman–Crippen LogP) is 8.43. The van der Waals surface area contributed by atoms with Gasteiger partial charge < -0.3 is 33.2 Å². The van der Waals surface area contributed by atoms with Crippen LogP contribution in [0.15, 0.2) is 78.9 Å². The fourth-order valence-corrected chi connectivity index (χ4v) is 6.59. The molecule has 264 valence electrons. The van der Waals surface area contributed by atoms with Crippen molar-refractivity contribution in [1.29, 1.82) is 0 Å². The Morgan fingerprint density at radius 1 is 0.647 bits per heavy atom. The second-order valence-electron chi connectivity index (χ2n) is 11.4. The topological polar surface area (TPSA) is 112 Å². The third-order valence-corrected chi connectivity index (χ3v) is 9.27. The van der Waals surface area contributed by atoms with Crippen LogP contribution in [0, 0.1) is 0 Å². The lowest BCUT2D eigenvalue weighted by atomic mass is 10.1. The number of fused-ring (bicyclic) bond motifs is 1. The minimum Gasteiger partial charge on any atom is -0.493 e. The van der Waals surface area contributed by atoms with Crippen molar-refractivity contribution in [1.82, 2.24) is 14.8 Å². The van der Waals surface area contributed by atoms with Crippen molar-refractivity contribution in [3.8, 4) is 73.3 Å². The largest absolute Gasteiger partial charge is 0.493 e. The highest BCUT2D eigenvalue weighted by molar-refractivity contribution is 7.21. The molecule has 6 aromatic rings.